The third kappa shape index (κ3) is 4.91. The lowest BCUT2D eigenvalue weighted by molar-refractivity contribution is -0.142. The van der Waals surface area contributed by atoms with Crippen LogP contribution in [0.15, 0.2) is 21.5 Å². The van der Waals surface area contributed by atoms with Crippen LogP contribution in [0.25, 0.3) is 0 Å². The number of hydrogen-bond acceptors (Lipinski definition) is 3. The maximum atomic E-state index is 12.9. The number of halogens is 4. The Balaban J connectivity index is 2.06. The summed E-state index contributed by atoms with van der Waals surface area (Å²) in [6.45, 7) is 7.14. The van der Waals surface area contributed by atoms with Gasteiger partial charge in [-0.1, -0.05) is 17.7 Å². The molecule has 5 nitrogen and oxygen atoms in total. The van der Waals surface area contributed by atoms with Crippen molar-refractivity contribution in [2.45, 2.75) is 51.7 Å². The van der Waals surface area contributed by atoms with Gasteiger partial charge in [-0.3, -0.25) is 4.68 Å². The van der Waals surface area contributed by atoms with Crippen molar-refractivity contribution in [2.24, 2.45) is 0 Å². The minimum atomic E-state index is -4.54. The van der Waals surface area contributed by atoms with E-state index in [1.807, 2.05) is 6.92 Å². The van der Waals surface area contributed by atoms with Gasteiger partial charge in [0.25, 0.3) is 0 Å². The molecule has 0 saturated carbocycles. The lowest BCUT2D eigenvalue weighted by Gasteiger charge is -2.13. The van der Waals surface area contributed by atoms with E-state index in [9.17, 15) is 21.6 Å². The molecule has 0 aliphatic heterocycles. The first-order valence-corrected chi connectivity index (χ1v) is 10.5. The van der Waals surface area contributed by atoms with E-state index in [0.29, 0.717) is 23.2 Å². The minimum Gasteiger partial charge on any atom is -0.268 e. The number of alkyl halides is 3. The second kappa shape index (κ2) is 7.92. The zero-order chi connectivity index (χ0) is 20.6. The van der Waals surface area contributed by atoms with Gasteiger partial charge in [0.05, 0.1) is 15.1 Å². The second-order valence-electron chi connectivity index (χ2n) is 6.45. The molecular formula is C17H21BrF3N3O2S. The summed E-state index contributed by atoms with van der Waals surface area (Å²) >= 11 is 2.92. The average Bonchev–Trinajstić information content (AvgIpc) is 2.78. The summed E-state index contributed by atoms with van der Waals surface area (Å²) in [5.41, 5.74) is 1.65. The lowest BCUT2D eigenvalue weighted by atomic mass is 10.1. The van der Waals surface area contributed by atoms with E-state index < -0.39 is 21.9 Å². The molecule has 2 aromatic rings. The average molecular weight is 468 g/mol. The number of sulfonamides is 1. The van der Waals surface area contributed by atoms with E-state index in [2.05, 4.69) is 25.8 Å². The second-order valence-corrected chi connectivity index (χ2v) is 8.94. The van der Waals surface area contributed by atoms with E-state index in [-0.39, 0.29) is 22.5 Å². The van der Waals surface area contributed by atoms with Gasteiger partial charge < -0.3 is 0 Å². The fourth-order valence-electron chi connectivity index (χ4n) is 3.02. The summed E-state index contributed by atoms with van der Waals surface area (Å²) in [4.78, 5) is 0.241. The normalized spacial score (nSPS) is 12.6. The zero-order valence-corrected chi connectivity index (χ0v) is 17.8. The molecule has 1 aromatic heterocycles. The van der Waals surface area contributed by atoms with Crippen molar-refractivity contribution in [3.63, 3.8) is 0 Å². The molecule has 0 amide bonds. The van der Waals surface area contributed by atoms with E-state index in [1.54, 1.807) is 26.0 Å². The highest BCUT2D eigenvalue weighted by Gasteiger charge is 2.37. The highest BCUT2D eigenvalue weighted by molar-refractivity contribution is 9.10. The summed E-state index contributed by atoms with van der Waals surface area (Å²) in [5, 5.41) is 3.58. The number of nitrogens with one attached hydrogen (secondary N) is 1. The number of benzene rings is 1. The van der Waals surface area contributed by atoms with Crippen LogP contribution in [-0.4, -0.2) is 24.7 Å². The van der Waals surface area contributed by atoms with Gasteiger partial charge in [-0.25, -0.2) is 13.1 Å². The summed E-state index contributed by atoms with van der Waals surface area (Å²) in [6.07, 6.45) is -4.24. The number of aromatic nitrogens is 2. The van der Waals surface area contributed by atoms with Gasteiger partial charge in [-0.15, -0.1) is 0 Å². The Bertz CT molecular complexity index is 930. The molecule has 1 heterocycles. The molecule has 0 unspecified atom stereocenters. The van der Waals surface area contributed by atoms with Crippen LogP contribution in [0.3, 0.4) is 0 Å². The highest BCUT2D eigenvalue weighted by Crippen LogP contribution is 2.35. The van der Waals surface area contributed by atoms with Crippen molar-refractivity contribution in [1.82, 2.24) is 14.5 Å². The molecule has 0 atom stereocenters. The Morgan fingerprint density at radius 2 is 1.70 bits per heavy atom. The number of nitrogens with zero attached hydrogens (tertiary/aromatic N) is 2. The fourth-order valence-corrected chi connectivity index (χ4v) is 5.05. The predicted octanol–water partition coefficient (Wildman–Crippen LogP) is 4.27. The molecule has 0 aliphatic rings. The van der Waals surface area contributed by atoms with Crippen LogP contribution in [0.5, 0.6) is 0 Å². The standard InChI is InChI=1S/C17H21BrF3N3O2S/c1-10-8-11(2)15(12(3)9-10)27(25,26)22-6-5-7-24-13(4)14(18)16(23-24)17(19,20)21/h8-9,22H,5-7H2,1-4H3. The van der Waals surface area contributed by atoms with Gasteiger partial charge in [0.2, 0.25) is 10.0 Å². The largest absolute Gasteiger partial charge is 0.436 e. The number of hydrogen-bond donors (Lipinski definition) is 1. The molecule has 27 heavy (non-hydrogen) atoms. The van der Waals surface area contributed by atoms with Crippen LogP contribution in [0.2, 0.25) is 0 Å². The molecular weight excluding hydrogens is 447 g/mol. The molecule has 1 N–H and O–H groups in total. The molecule has 0 saturated heterocycles. The van der Waals surface area contributed by atoms with Crippen molar-refractivity contribution in [1.29, 1.82) is 0 Å². The Labute approximate surface area is 165 Å². The lowest BCUT2D eigenvalue weighted by Crippen LogP contribution is -2.27. The Kier molecular flexibility index (Phi) is 6.43. The van der Waals surface area contributed by atoms with Gasteiger partial charge in [0.15, 0.2) is 5.69 Å². The number of rotatable bonds is 6. The smallest absolute Gasteiger partial charge is 0.268 e. The zero-order valence-electron chi connectivity index (χ0n) is 15.4. The molecule has 1 aromatic carbocycles. The van der Waals surface area contributed by atoms with Crippen LogP contribution >= 0.6 is 15.9 Å². The molecule has 0 aliphatic carbocycles. The molecule has 0 radical (unpaired) electrons. The molecule has 10 heteroatoms. The van der Waals surface area contributed by atoms with Crippen molar-refractivity contribution in [2.75, 3.05) is 6.54 Å². The maximum Gasteiger partial charge on any atom is 0.436 e. The van der Waals surface area contributed by atoms with Crippen LogP contribution < -0.4 is 4.72 Å². The first-order chi connectivity index (χ1) is 12.3. The fraction of sp³-hybridized carbons (Fsp3) is 0.471. The molecule has 0 spiro atoms. The minimum absolute atomic E-state index is 0.0906. The summed E-state index contributed by atoms with van der Waals surface area (Å²) in [5.74, 6) is 0. The van der Waals surface area contributed by atoms with Gasteiger partial charge in [-0.05, 0) is 61.2 Å². The van der Waals surface area contributed by atoms with Crippen molar-refractivity contribution in [3.8, 4) is 0 Å². The molecule has 0 bridgehead atoms. The van der Waals surface area contributed by atoms with Gasteiger partial charge in [0.1, 0.15) is 0 Å². The maximum absolute atomic E-state index is 12.9. The van der Waals surface area contributed by atoms with Crippen LogP contribution in [0, 0.1) is 27.7 Å². The quantitative estimate of drug-likeness (QED) is 0.645. The van der Waals surface area contributed by atoms with E-state index in [1.165, 1.54) is 11.6 Å². The van der Waals surface area contributed by atoms with Crippen molar-refractivity contribution in [3.05, 3.63) is 44.7 Å². The Hall–Kier alpha value is -1.39. The first-order valence-electron chi connectivity index (χ1n) is 8.22. The summed E-state index contributed by atoms with van der Waals surface area (Å²) in [7, 11) is -3.70. The topological polar surface area (TPSA) is 64.0 Å². The van der Waals surface area contributed by atoms with Gasteiger partial charge >= 0.3 is 6.18 Å². The van der Waals surface area contributed by atoms with Gasteiger partial charge in [-0.2, -0.15) is 18.3 Å². The molecule has 150 valence electrons. The number of aryl methyl sites for hydroxylation is 4. The van der Waals surface area contributed by atoms with Crippen LogP contribution in [-0.2, 0) is 22.7 Å². The SMILES string of the molecule is Cc1cc(C)c(S(=O)(=O)NCCCn2nc(C(F)(F)F)c(Br)c2C)c(C)c1. The third-order valence-electron chi connectivity index (χ3n) is 4.11. The van der Waals surface area contributed by atoms with Crippen LogP contribution in [0.1, 0.15) is 34.5 Å². The van der Waals surface area contributed by atoms with E-state index in [0.717, 1.165) is 5.56 Å². The monoisotopic (exact) mass is 467 g/mol. The highest BCUT2D eigenvalue weighted by atomic mass is 79.9. The Morgan fingerprint density at radius 1 is 1.15 bits per heavy atom. The van der Waals surface area contributed by atoms with Crippen molar-refractivity contribution >= 4 is 26.0 Å². The third-order valence-corrected chi connectivity index (χ3v) is 6.83. The predicted molar refractivity (Wildman–Crippen MR) is 100 cm³/mol. The molecule has 0 fully saturated rings. The van der Waals surface area contributed by atoms with E-state index >= 15 is 0 Å². The first kappa shape index (κ1) is 21.9. The summed E-state index contributed by atoms with van der Waals surface area (Å²) < 4.78 is 67.4. The molecule has 2 rings (SSSR count). The van der Waals surface area contributed by atoms with Crippen molar-refractivity contribution < 1.29 is 21.6 Å². The Morgan fingerprint density at radius 3 is 2.19 bits per heavy atom. The summed E-state index contributed by atoms with van der Waals surface area (Å²) in [6, 6.07) is 3.59. The van der Waals surface area contributed by atoms with E-state index in [4.69, 9.17) is 0 Å². The van der Waals surface area contributed by atoms with Gasteiger partial charge in [0, 0.05) is 13.1 Å². The van der Waals surface area contributed by atoms with Crippen LogP contribution in [0.4, 0.5) is 13.2 Å².